The van der Waals surface area contributed by atoms with Gasteiger partial charge in [-0.15, -0.1) is 10.1 Å². The number of unbranched alkanes of at least 4 members (excludes halogenated alkanes) is 1. The van der Waals surface area contributed by atoms with Gasteiger partial charge in [0.1, 0.15) is 12.1 Å². The Hall–Kier alpha value is -3.25. The lowest BCUT2D eigenvalue weighted by Crippen LogP contribution is -2.54. The summed E-state index contributed by atoms with van der Waals surface area (Å²) in [5.41, 5.74) is 6.62. The van der Waals surface area contributed by atoms with E-state index >= 15 is 0 Å². The van der Waals surface area contributed by atoms with Gasteiger partial charge < -0.3 is 25.3 Å². The van der Waals surface area contributed by atoms with Crippen molar-refractivity contribution in [1.82, 2.24) is 10.2 Å². The molecule has 1 heterocycles. The Kier molecular flexibility index (Phi) is 12.6. The fourth-order valence-corrected chi connectivity index (χ4v) is 4.20. The number of nitrogens with zero attached hydrogens (tertiary/aromatic N) is 2. The zero-order valence-corrected chi connectivity index (χ0v) is 20.4. The van der Waals surface area contributed by atoms with Crippen LogP contribution in [0.2, 0.25) is 0 Å². The number of esters is 1. The minimum Gasteiger partial charge on any atom is -0.480 e. The van der Waals surface area contributed by atoms with Crippen LogP contribution in [0.4, 0.5) is 0 Å². The Morgan fingerprint density at radius 1 is 1.14 bits per heavy atom. The van der Waals surface area contributed by atoms with E-state index in [4.69, 9.17) is 10.5 Å². The predicted molar refractivity (Wildman–Crippen MR) is 129 cm³/mol. The first-order valence-corrected chi connectivity index (χ1v) is 12.3. The second kappa shape index (κ2) is 15.7. The fraction of sp³-hybridized carbons (Fsp3) is 0.625. The molecule has 1 fully saturated rings. The average Bonchev–Trinajstić information content (AvgIpc) is 3.36. The first-order valence-electron chi connectivity index (χ1n) is 12.3. The molecule has 12 nitrogen and oxygen atoms in total. The van der Waals surface area contributed by atoms with Crippen LogP contribution in [0.25, 0.3) is 0 Å². The number of nitrogens with one attached hydrogen (secondary N) is 1. The summed E-state index contributed by atoms with van der Waals surface area (Å²) in [5.74, 6) is -1.98. The van der Waals surface area contributed by atoms with Crippen molar-refractivity contribution in [3.8, 4) is 0 Å². The molecule has 0 spiro atoms. The second-order valence-corrected chi connectivity index (χ2v) is 8.69. The van der Waals surface area contributed by atoms with E-state index in [1.54, 1.807) is 0 Å². The van der Waals surface area contributed by atoms with Gasteiger partial charge in [-0.2, -0.15) is 0 Å². The molecule has 0 radical (unpaired) electrons. The number of carboxylic acids is 1. The minimum atomic E-state index is -1.04. The molecule has 1 aromatic rings. The summed E-state index contributed by atoms with van der Waals surface area (Å²) in [6.45, 7) is 0.526. The van der Waals surface area contributed by atoms with Gasteiger partial charge >= 0.3 is 11.9 Å². The number of carbonyl (C=O) groups is 3. The van der Waals surface area contributed by atoms with Gasteiger partial charge in [0.25, 0.3) is 5.09 Å². The van der Waals surface area contributed by atoms with Crippen LogP contribution in [-0.2, 0) is 30.4 Å². The molecule has 0 aromatic heterocycles. The predicted octanol–water partition coefficient (Wildman–Crippen LogP) is 1.29. The van der Waals surface area contributed by atoms with Gasteiger partial charge in [0, 0.05) is 13.0 Å². The van der Waals surface area contributed by atoms with Crippen LogP contribution in [0.1, 0.15) is 50.5 Å². The number of nitrogens with two attached hydrogens (primary N) is 1. The van der Waals surface area contributed by atoms with Crippen LogP contribution >= 0.6 is 0 Å². The molecule has 1 amide bonds. The highest BCUT2D eigenvalue weighted by Gasteiger charge is 2.38. The van der Waals surface area contributed by atoms with Crippen LogP contribution in [-0.4, -0.2) is 77.4 Å². The Morgan fingerprint density at radius 3 is 2.56 bits per heavy atom. The van der Waals surface area contributed by atoms with Crippen molar-refractivity contribution in [2.45, 2.75) is 69.5 Å². The van der Waals surface area contributed by atoms with Crippen LogP contribution < -0.4 is 11.1 Å². The number of hydrogen-bond donors (Lipinski definition) is 3. The van der Waals surface area contributed by atoms with E-state index in [0.29, 0.717) is 58.0 Å². The molecule has 1 saturated heterocycles. The number of ether oxygens (including phenoxy) is 1. The van der Waals surface area contributed by atoms with Crippen molar-refractivity contribution in [2.75, 3.05) is 26.3 Å². The van der Waals surface area contributed by atoms with E-state index in [-0.39, 0.29) is 25.5 Å². The molecule has 0 unspecified atom stereocenters. The molecule has 2 rings (SSSR count). The van der Waals surface area contributed by atoms with Crippen molar-refractivity contribution < 1.29 is 34.2 Å². The van der Waals surface area contributed by atoms with Gasteiger partial charge in [0.2, 0.25) is 5.91 Å². The number of aliphatic carboxylic acids is 1. The summed E-state index contributed by atoms with van der Waals surface area (Å²) in [6.07, 6.45) is 3.73. The van der Waals surface area contributed by atoms with E-state index < -0.39 is 35.2 Å². The molecule has 0 saturated carbocycles. The number of hydrogen-bond acceptors (Lipinski definition) is 9. The lowest BCUT2D eigenvalue weighted by Gasteiger charge is -2.30. The maximum Gasteiger partial charge on any atom is 0.326 e. The van der Waals surface area contributed by atoms with E-state index in [2.05, 4.69) is 10.2 Å². The molecule has 200 valence electrons. The molecule has 12 heteroatoms. The lowest BCUT2D eigenvalue weighted by molar-refractivity contribution is -0.757. The van der Waals surface area contributed by atoms with Crippen LogP contribution in [0.15, 0.2) is 30.3 Å². The van der Waals surface area contributed by atoms with Gasteiger partial charge in [-0.05, 0) is 50.6 Å². The first kappa shape index (κ1) is 29.0. The van der Waals surface area contributed by atoms with Gasteiger partial charge in [-0.1, -0.05) is 36.8 Å². The number of likely N-dealkylation sites (tertiary alicyclic amines) is 1. The summed E-state index contributed by atoms with van der Waals surface area (Å²) >= 11 is 0. The largest absolute Gasteiger partial charge is 0.480 e. The van der Waals surface area contributed by atoms with Gasteiger partial charge in [0.15, 0.2) is 0 Å². The Bertz CT molecular complexity index is 854. The number of aryl methyl sites for hydroxylation is 1. The van der Waals surface area contributed by atoms with Crippen LogP contribution in [0.5, 0.6) is 0 Å². The van der Waals surface area contributed by atoms with Gasteiger partial charge in [-0.3, -0.25) is 14.9 Å². The van der Waals surface area contributed by atoms with E-state index in [1.165, 1.54) is 4.90 Å². The van der Waals surface area contributed by atoms with Crippen LogP contribution in [0, 0.1) is 10.1 Å². The van der Waals surface area contributed by atoms with Gasteiger partial charge in [-0.25, -0.2) is 4.79 Å². The Morgan fingerprint density at radius 2 is 1.89 bits per heavy atom. The van der Waals surface area contributed by atoms with Crippen molar-refractivity contribution in [3.05, 3.63) is 46.0 Å². The number of amides is 1. The SMILES string of the molecule is NCCCC[C@H](N[C@@H](CCc1ccccc1)C(=O)OCCCO[N+](=O)[O-])C(=O)N1CCC[C@H]1C(=O)O. The molecular weight excluding hydrogens is 472 g/mol. The summed E-state index contributed by atoms with van der Waals surface area (Å²) in [7, 11) is 0. The second-order valence-electron chi connectivity index (χ2n) is 8.69. The molecule has 1 aliphatic heterocycles. The fourth-order valence-electron chi connectivity index (χ4n) is 4.20. The third-order valence-electron chi connectivity index (χ3n) is 6.05. The minimum absolute atomic E-state index is 0.0742. The molecular formula is C24H36N4O8. The monoisotopic (exact) mass is 508 g/mol. The standard InChI is InChI=1S/C24H36N4O8/c25-14-5-4-10-19(22(29)27-15-6-11-21(27)23(30)31)26-20(13-12-18-8-2-1-3-9-18)24(32)35-16-7-17-36-28(33)34/h1-3,8-9,19-21,26H,4-7,10-17,25H2,(H,30,31)/t19-,20-,21-/m0/s1. The van der Waals surface area contributed by atoms with Crippen molar-refractivity contribution in [1.29, 1.82) is 0 Å². The van der Waals surface area contributed by atoms with E-state index in [1.807, 2.05) is 30.3 Å². The Balaban J connectivity index is 2.12. The molecule has 1 aromatic carbocycles. The highest BCUT2D eigenvalue weighted by molar-refractivity contribution is 5.88. The molecule has 4 N–H and O–H groups in total. The third-order valence-corrected chi connectivity index (χ3v) is 6.05. The first-order chi connectivity index (χ1) is 17.3. The average molecular weight is 509 g/mol. The quantitative estimate of drug-likeness (QED) is 0.120. The molecule has 0 bridgehead atoms. The smallest absolute Gasteiger partial charge is 0.326 e. The Labute approximate surface area is 210 Å². The van der Waals surface area contributed by atoms with E-state index in [0.717, 1.165) is 5.56 Å². The highest BCUT2D eigenvalue weighted by Crippen LogP contribution is 2.20. The van der Waals surface area contributed by atoms with Crippen molar-refractivity contribution in [2.24, 2.45) is 5.73 Å². The maximum atomic E-state index is 13.4. The summed E-state index contributed by atoms with van der Waals surface area (Å²) in [6, 6.07) is 7.05. The van der Waals surface area contributed by atoms with E-state index in [9.17, 15) is 29.6 Å². The number of benzene rings is 1. The molecule has 1 aliphatic rings. The number of carbonyl (C=O) groups excluding carboxylic acids is 2. The topological polar surface area (TPSA) is 174 Å². The van der Waals surface area contributed by atoms with Crippen molar-refractivity contribution >= 4 is 17.8 Å². The zero-order chi connectivity index (χ0) is 26.3. The van der Waals surface area contributed by atoms with Crippen molar-refractivity contribution in [3.63, 3.8) is 0 Å². The number of carboxylic acid groups (broad SMARTS) is 1. The molecule has 3 atom stereocenters. The highest BCUT2D eigenvalue weighted by atomic mass is 16.9. The normalized spacial score (nSPS) is 16.8. The van der Waals surface area contributed by atoms with Gasteiger partial charge in [0.05, 0.1) is 19.3 Å². The zero-order valence-electron chi connectivity index (χ0n) is 20.4. The molecule has 0 aliphatic carbocycles. The third kappa shape index (κ3) is 9.78. The lowest BCUT2D eigenvalue weighted by atomic mass is 10.0. The maximum absolute atomic E-state index is 13.4. The van der Waals surface area contributed by atoms with Crippen LogP contribution in [0.3, 0.4) is 0 Å². The summed E-state index contributed by atoms with van der Waals surface area (Å²) in [4.78, 5) is 53.9. The molecule has 36 heavy (non-hydrogen) atoms. The number of rotatable bonds is 17. The summed E-state index contributed by atoms with van der Waals surface area (Å²) < 4.78 is 5.32. The summed E-state index contributed by atoms with van der Waals surface area (Å²) in [5, 5.41) is 22.0.